The van der Waals surface area contributed by atoms with E-state index >= 15 is 0 Å². The Bertz CT molecular complexity index is 712. The van der Waals surface area contributed by atoms with Crippen molar-refractivity contribution in [3.05, 3.63) is 65.0 Å². The largest absolute Gasteiger partial charge is 0.322 e. The summed E-state index contributed by atoms with van der Waals surface area (Å²) in [6, 6.07) is 11.2. The number of amides is 1. The molecule has 0 saturated heterocycles. The van der Waals surface area contributed by atoms with E-state index in [0.29, 0.717) is 17.8 Å². The van der Waals surface area contributed by atoms with E-state index in [9.17, 15) is 9.18 Å². The molecule has 0 fully saturated rings. The van der Waals surface area contributed by atoms with Crippen molar-refractivity contribution in [2.75, 3.05) is 11.9 Å². The summed E-state index contributed by atoms with van der Waals surface area (Å²) >= 11 is 0. The van der Waals surface area contributed by atoms with Crippen LogP contribution in [0.5, 0.6) is 0 Å². The van der Waals surface area contributed by atoms with Gasteiger partial charge >= 0.3 is 0 Å². The zero-order valence-electron chi connectivity index (χ0n) is 11.6. The molecule has 4 heteroatoms. The summed E-state index contributed by atoms with van der Waals surface area (Å²) in [4.78, 5) is 12.1. The molecule has 0 aliphatic carbocycles. The zero-order chi connectivity index (χ0) is 15.2. The van der Waals surface area contributed by atoms with Crippen LogP contribution in [0.25, 0.3) is 0 Å². The molecule has 2 aromatic carbocycles. The van der Waals surface area contributed by atoms with Gasteiger partial charge in [-0.2, -0.15) is 0 Å². The highest BCUT2D eigenvalue weighted by molar-refractivity contribution is 6.05. The van der Waals surface area contributed by atoms with Gasteiger partial charge in [0.1, 0.15) is 5.82 Å². The number of nitrogens with one attached hydrogen (secondary N) is 1. The molecule has 0 saturated carbocycles. The lowest BCUT2D eigenvalue weighted by Crippen LogP contribution is -2.13. The fraction of sp³-hybridized carbons (Fsp3) is 0.118. The van der Waals surface area contributed by atoms with Gasteiger partial charge in [0, 0.05) is 16.8 Å². The standard InChI is InChI=1S/C17H15FN2O/c1-12-4-7-14(18)11-16(12)17(21)20-15-8-5-13(6-9-15)3-2-10-19/h4-9,11H,10,19H2,1H3,(H,20,21). The lowest BCUT2D eigenvalue weighted by Gasteiger charge is -2.08. The molecular formula is C17H15FN2O. The molecule has 0 unspecified atom stereocenters. The maximum atomic E-state index is 13.2. The van der Waals surface area contributed by atoms with Gasteiger partial charge in [0.2, 0.25) is 0 Å². The van der Waals surface area contributed by atoms with E-state index in [0.717, 1.165) is 11.1 Å². The Morgan fingerprint density at radius 1 is 1.24 bits per heavy atom. The lowest BCUT2D eigenvalue weighted by atomic mass is 10.1. The summed E-state index contributed by atoms with van der Waals surface area (Å²) in [5.41, 5.74) is 7.79. The van der Waals surface area contributed by atoms with Crippen LogP contribution >= 0.6 is 0 Å². The Morgan fingerprint density at radius 2 is 1.95 bits per heavy atom. The first kappa shape index (κ1) is 14.8. The van der Waals surface area contributed by atoms with Crippen molar-refractivity contribution in [3.8, 4) is 11.8 Å². The smallest absolute Gasteiger partial charge is 0.256 e. The van der Waals surface area contributed by atoms with Crippen LogP contribution in [0.1, 0.15) is 21.5 Å². The van der Waals surface area contributed by atoms with Crippen molar-refractivity contribution in [2.24, 2.45) is 5.73 Å². The summed E-state index contributed by atoms with van der Waals surface area (Å²) in [5.74, 6) is 4.88. The van der Waals surface area contributed by atoms with E-state index < -0.39 is 5.82 Å². The third-order valence-electron chi connectivity index (χ3n) is 2.92. The third kappa shape index (κ3) is 3.91. The van der Waals surface area contributed by atoms with Gasteiger partial charge in [-0.05, 0) is 48.9 Å². The van der Waals surface area contributed by atoms with Crippen LogP contribution in [-0.4, -0.2) is 12.5 Å². The number of halogens is 1. The number of hydrogen-bond donors (Lipinski definition) is 2. The highest BCUT2D eigenvalue weighted by atomic mass is 19.1. The number of rotatable bonds is 2. The average Bonchev–Trinajstić information content (AvgIpc) is 2.49. The lowest BCUT2D eigenvalue weighted by molar-refractivity contribution is 0.102. The summed E-state index contributed by atoms with van der Waals surface area (Å²) < 4.78 is 13.2. The van der Waals surface area contributed by atoms with Gasteiger partial charge in [0.15, 0.2) is 0 Å². The molecule has 0 radical (unpaired) electrons. The van der Waals surface area contributed by atoms with E-state index in [1.807, 2.05) is 0 Å². The van der Waals surface area contributed by atoms with Crippen LogP contribution in [-0.2, 0) is 0 Å². The van der Waals surface area contributed by atoms with Crippen molar-refractivity contribution < 1.29 is 9.18 Å². The van der Waals surface area contributed by atoms with Gasteiger partial charge in [-0.1, -0.05) is 17.9 Å². The number of hydrogen-bond acceptors (Lipinski definition) is 2. The molecule has 0 heterocycles. The second kappa shape index (κ2) is 6.69. The van der Waals surface area contributed by atoms with Gasteiger partial charge in [-0.15, -0.1) is 0 Å². The predicted molar refractivity (Wildman–Crippen MR) is 81.5 cm³/mol. The Morgan fingerprint density at radius 3 is 2.62 bits per heavy atom. The van der Waals surface area contributed by atoms with Crippen molar-refractivity contribution in [1.29, 1.82) is 0 Å². The van der Waals surface area contributed by atoms with Gasteiger partial charge in [0.05, 0.1) is 6.54 Å². The van der Waals surface area contributed by atoms with Crippen molar-refractivity contribution in [3.63, 3.8) is 0 Å². The quantitative estimate of drug-likeness (QED) is 0.832. The van der Waals surface area contributed by atoms with E-state index in [-0.39, 0.29) is 5.91 Å². The first-order chi connectivity index (χ1) is 10.1. The molecule has 3 nitrogen and oxygen atoms in total. The fourth-order valence-electron chi connectivity index (χ4n) is 1.83. The second-order valence-electron chi connectivity index (χ2n) is 4.50. The number of carbonyl (C=O) groups excluding carboxylic acids is 1. The topological polar surface area (TPSA) is 55.1 Å². The molecule has 0 aromatic heterocycles. The van der Waals surface area contributed by atoms with Crippen LogP contribution in [0, 0.1) is 24.6 Å². The van der Waals surface area contributed by atoms with Gasteiger partial charge in [0.25, 0.3) is 5.91 Å². The number of aryl methyl sites for hydroxylation is 1. The predicted octanol–water partition coefficient (Wildman–Crippen LogP) is 2.70. The molecule has 0 spiro atoms. The third-order valence-corrected chi connectivity index (χ3v) is 2.92. The van der Waals surface area contributed by atoms with Gasteiger partial charge < -0.3 is 11.1 Å². The first-order valence-corrected chi connectivity index (χ1v) is 6.46. The summed E-state index contributed by atoms with van der Waals surface area (Å²) in [5, 5.41) is 2.73. The van der Waals surface area contributed by atoms with E-state index in [1.165, 1.54) is 12.1 Å². The SMILES string of the molecule is Cc1ccc(F)cc1C(=O)Nc1ccc(C#CCN)cc1. The number of carbonyl (C=O) groups is 1. The molecule has 106 valence electrons. The first-order valence-electron chi connectivity index (χ1n) is 6.46. The molecule has 1 amide bonds. The van der Waals surface area contributed by atoms with Crippen LogP contribution < -0.4 is 11.1 Å². The molecule has 2 rings (SSSR count). The Kier molecular flexibility index (Phi) is 4.70. The molecule has 0 bridgehead atoms. The van der Waals surface area contributed by atoms with Crippen LogP contribution in [0.15, 0.2) is 42.5 Å². The van der Waals surface area contributed by atoms with Crippen LogP contribution in [0.2, 0.25) is 0 Å². The van der Waals surface area contributed by atoms with Crippen LogP contribution in [0.4, 0.5) is 10.1 Å². The molecular weight excluding hydrogens is 267 g/mol. The minimum absolute atomic E-state index is 0.303. The van der Waals surface area contributed by atoms with Crippen LogP contribution in [0.3, 0.4) is 0 Å². The number of benzene rings is 2. The minimum Gasteiger partial charge on any atom is -0.322 e. The average molecular weight is 282 g/mol. The zero-order valence-corrected chi connectivity index (χ0v) is 11.6. The van der Waals surface area contributed by atoms with E-state index in [2.05, 4.69) is 17.2 Å². The highest BCUT2D eigenvalue weighted by Crippen LogP contribution is 2.14. The molecule has 3 N–H and O–H groups in total. The normalized spacial score (nSPS) is 9.67. The minimum atomic E-state index is -0.432. The highest BCUT2D eigenvalue weighted by Gasteiger charge is 2.10. The fourth-order valence-corrected chi connectivity index (χ4v) is 1.83. The Balaban J connectivity index is 2.14. The summed E-state index contributed by atoms with van der Waals surface area (Å²) in [7, 11) is 0. The van der Waals surface area contributed by atoms with Crippen molar-refractivity contribution in [2.45, 2.75) is 6.92 Å². The molecule has 21 heavy (non-hydrogen) atoms. The summed E-state index contributed by atoms with van der Waals surface area (Å²) in [6.45, 7) is 2.07. The van der Waals surface area contributed by atoms with Gasteiger partial charge in [-0.25, -0.2) is 4.39 Å². The molecule has 0 aliphatic rings. The number of anilines is 1. The maximum Gasteiger partial charge on any atom is 0.256 e. The monoisotopic (exact) mass is 282 g/mol. The molecule has 2 aromatic rings. The second-order valence-corrected chi connectivity index (χ2v) is 4.50. The molecule has 0 aliphatic heterocycles. The van der Waals surface area contributed by atoms with E-state index in [1.54, 1.807) is 37.3 Å². The Labute approximate surface area is 123 Å². The van der Waals surface area contributed by atoms with Crippen molar-refractivity contribution >= 4 is 11.6 Å². The molecule has 0 atom stereocenters. The number of nitrogens with two attached hydrogens (primary N) is 1. The maximum absolute atomic E-state index is 13.2. The Hall–Kier alpha value is -2.64. The summed E-state index contributed by atoms with van der Waals surface area (Å²) in [6.07, 6.45) is 0. The van der Waals surface area contributed by atoms with E-state index in [4.69, 9.17) is 5.73 Å². The van der Waals surface area contributed by atoms with Crippen molar-refractivity contribution in [1.82, 2.24) is 0 Å². The van der Waals surface area contributed by atoms with Gasteiger partial charge in [-0.3, -0.25) is 4.79 Å².